The van der Waals surface area contributed by atoms with Gasteiger partial charge in [0.25, 0.3) is 5.56 Å². The van der Waals surface area contributed by atoms with Gasteiger partial charge < -0.3 is 14.2 Å². The van der Waals surface area contributed by atoms with Crippen LogP contribution in [-0.4, -0.2) is 40.7 Å². The zero-order valence-electron chi connectivity index (χ0n) is 17.2. The Morgan fingerprint density at radius 3 is 2.28 bits per heavy atom. The molecule has 0 saturated carbocycles. The third-order valence-corrected chi connectivity index (χ3v) is 4.81. The Kier molecular flexibility index (Phi) is 6.26. The van der Waals surface area contributed by atoms with Gasteiger partial charge in [0.1, 0.15) is 5.39 Å². The van der Waals surface area contributed by atoms with E-state index < -0.39 is 5.69 Å². The quantitative estimate of drug-likeness (QED) is 0.552. The van der Waals surface area contributed by atoms with Gasteiger partial charge in [-0.1, -0.05) is 26.2 Å². The van der Waals surface area contributed by atoms with Crippen molar-refractivity contribution in [3.05, 3.63) is 39.2 Å². The number of fused-ring (bicyclic) bond motifs is 1. The molecule has 9 nitrogen and oxygen atoms in total. The van der Waals surface area contributed by atoms with Gasteiger partial charge in [0.05, 0.1) is 27.0 Å². The number of methoxy groups -OCH3 is 3. The fourth-order valence-corrected chi connectivity index (χ4v) is 3.26. The Labute approximate surface area is 167 Å². The minimum absolute atomic E-state index is 0.235. The van der Waals surface area contributed by atoms with Gasteiger partial charge in [-0.15, -0.1) is 5.10 Å². The lowest BCUT2D eigenvalue weighted by Crippen LogP contribution is -2.34. The van der Waals surface area contributed by atoms with Gasteiger partial charge in [-0.05, 0) is 6.42 Å². The van der Waals surface area contributed by atoms with Crippen LogP contribution < -0.4 is 25.5 Å². The van der Waals surface area contributed by atoms with Gasteiger partial charge in [-0.2, -0.15) is 0 Å². The number of benzene rings is 1. The summed E-state index contributed by atoms with van der Waals surface area (Å²) in [5, 5.41) is 4.70. The lowest BCUT2D eigenvalue weighted by molar-refractivity contribution is 0.324. The van der Waals surface area contributed by atoms with Crippen LogP contribution in [0.3, 0.4) is 0 Å². The normalized spacial score (nSPS) is 11.0. The summed E-state index contributed by atoms with van der Waals surface area (Å²) in [5.74, 6) is 1.38. The van der Waals surface area contributed by atoms with Gasteiger partial charge >= 0.3 is 5.69 Å². The second-order valence-electron chi connectivity index (χ2n) is 6.67. The summed E-state index contributed by atoms with van der Waals surface area (Å²) in [7, 11) is 4.57. The summed E-state index contributed by atoms with van der Waals surface area (Å²) in [6.07, 6.45) is 5.52. The van der Waals surface area contributed by atoms with E-state index in [1.807, 2.05) is 0 Å². The van der Waals surface area contributed by atoms with Crippen LogP contribution in [0.25, 0.3) is 16.7 Å². The summed E-state index contributed by atoms with van der Waals surface area (Å²) < 4.78 is 18.8. The third kappa shape index (κ3) is 3.98. The Hall–Kier alpha value is -3.23. The fourth-order valence-electron chi connectivity index (χ4n) is 3.26. The number of aromatic amines is 1. The molecule has 9 heteroatoms. The third-order valence-electron chi connectivity index (χ3n) is 4.81. The highest BCUT2D eigenvalue weighted by Gasteiger charge is 2.17. The number of hydrogen-bond donors (Lipinski definition) is 1. The molecule has 3 aromatic rings. The monoisotopic (exact) mass is 402 g/mol. The molecule has 156 valence electrons. The molecule has 0 aliphatic carbocycles. The van der Waals surface area contributed by atoms with Gasteiger partial charge in [0.15, 0.2) is 17.1 Å². The molecule has 0 unspecified atom stereocenters. The molecular formula is C20H26N4O5. The molecule has 0 amide bonds. The number of rotatable bonds is 9. The van der Waals surface area contributed by atoms with Crippen LogP contribution in [0, 0.1) is 0 Å². The van der Waals surface area contributed by atoms with E-state index in [2.05, 4.69) is 17.0 Å². The van der Waals surface area contributed by atoms with Gasteiger partial charge in [0, 0.05) is 24.9 Å². The van der Waals surface area contributed by atoms with Crippen molar-refractivity contribution in [2.75, 3.05) is 21.3 Å². The molecule has 0 saturated heterocycles. The second-order valence-corrected chi connectivity index (χ2v) is 6.67. The van der Waals surface area contributed by atoms with Crippen LogP contribution in [0.2, 0.25) is 0 Å². The Morgan fingerprint density at radius 2 is 1.69 bits per heavy atom. The number of ether oxygens (including phenoxy) is 3. The van der Waals surface area contributed by atoms with Gasteiger partial charge in [-0.25, -0.2) is 9.48 Å². The summed E-state index contributed by atoms with van der Waals surface area (Å²) >= 11 is 0. The van der Waals surface area contributed by atoms with Crippen molar-refractivity contribution in [3.8, 4) is 22.9 Å². The molecule has 1 N–H and O–H groups in total. The van der Waals surface area contributed by atoms with Crippen molar-refractivity contribution >= 4 is 11.0 Å². The lowest BCUT2D eigenvalue weighted by atomic mass is 10.2. The average Bonchev–Trinajstić information content (AvgIpc) is 3.16. The van der Waals surface area contributed by atoms with Crippen LogP contribution in [0.5, 0.6) is 17.2 Å². The van der Waals surface area contributed by atoms with Crippen LogP contribution >= 0.6 is 0 Å². The van der Waals surface area contributed by atoms with Gasteiger partial charge in [0.2, 0.25) is 5.75 Å². The minimum Gasteiger partial charge on any atom is -0.493 e. The van der Waals surface area contributed by atoms with Crippen molar-refractivity contribution in [2.24, 2.45) is 0 Å². The number of nitrogens with zero attached hydrogens (tertiary/aromatic N) is 3. The number of unbranched alkanes of at least 4 members (excludes halogenated alkanes) is 3. The van der Waals surface area contributed by atoms with E-state index in [9.17, 15) is 9.59 Å². The zero-order valence-corrected chi connectivity index (χ0v) is 17.2. The predicted molar refractivity (Wildman–Crippen MR) is 110 cm³/mol. The molecular weight excluding hydrogens is 376 g/mol. The van der Waals surface area contributed by atoms with Crippen molar-refractivity contribution in [1.82, 2.24) is 19.3 Å². The SMILES string of the molecule is CCCCCCn1c(=O)[nH]c2nn(-c3cc(OC)c(OC)c(OC)c3)cc2c1=O. The first-order valence-corrected chi connectivity index (χ1v) is 9.56. The summed E-state index contributed by atoms with van der Waals surface area (Å²) in [6.45, 7) is 2.50. The van der Waals surface area contributed by atoms with E-state index in [1.54, 1.807) is 18.3 Å². The molecule has 1 aromatic carbocycles. The summed E-state index contributed by atoms with van der Waals surface area (Å²) in [5.41, 5.74) is 0.0390. The van der Waals surface area contributed by atoms with E-state index in [4.69, 9.17) is 14.2 Å². The van der Waals surface area contributed by atoms with Gasteiger partial charge in [-0.3, -0.25) is 14.3 Å². The molecule has 29 heavy (non-hydrogen) atoms. The van der Waals surface area contributed by atoms with Crippen molar-refractivity contribution in [3.63, 3.8) is 0 Å². The number of nitrogens with one attached hydrogen (secondary N) is 1. The van der Waals surface area contributed by atoms with Crippen molar-refractivity contribution < 1.29 is 14.2 Å². The average molecular weight is 402 g/mol. The van der Waals surface area contributed by atoms with Crippen LogP contribution in [0.15, 0.2) is 27.9 Å². The van der Waals surface area contributed by atoms with Crippen molar-refractivity contribution in [2.45, 2.75) is 39.2 Å². The molecule has 0 radical (unpaired) electrons. The first-order valence-electron chi connectivity index (χ1n) is 9.56. The van der Waals surface area contributed by atoms with E-state index in [0.717, 1.165) is 25.7 Å². The lowest BCUT2D eigenvalue weighted by Gasteiger charge is -2.13. The van der Waals surface area contributed by atoms with Crippen LogP contribution in [-0.2, 0) is 6.54 Å². The Balaban J connectivity index is 2.05. The topological polar surface area (TPSA) is 100 Å². The number of hydrogen-bond acceptors (Lipinski definition) is 6. The zero-order chi connectivity index (χ0) is 21.0. The standard InChI is InChI=1S/C20H26N4O5/c1-5-6-7-8-9-23-19(25)14-12-24(22-18(14)21-20(23)26)13-10-15(27-2)17(29-4)16(11-13)28-3/h10-12H,5-9H2,1-4H3,(H,21,22,26). The maximum Gasteiger partial charge on any atom is 0.330 e. The van der Waals surface area contributed by atoms with E-state index in [1.165, 1.54) is 30.6 Å². The molecule has 0 spiro atoms. The maximum absolute atomic E-state index is 12.8. The molecule has 2 aromatic heterocycles. The smallest absolute Gasteiger partial charge is 0.330 e. The molecule has 2 heterocycles. The predicted octanol–water partition coefficient (Wildman–Crippen LogP) is 2.48. The minimum atomic E-state index is -0.450. The van der Waals surface area contributed by atoms with E-state index >= 15 is 0 Å². The first-order chi connectivity index (χ1) is 14.0. The molecule has 3 rings (SSSR count). The van der Waals surface area contributed by atoms with E-state index in [0.29, 0.717) is 34.9 Å². The van der Waals surface area contributed by atoms with Crippen molar-refractivity contribution in [1.29, 1.82) is 0 Å². The Morgan fingerprint density at radius 1 is 1.00 bits per heavy atom. The first kappa shape index (κ1) is 20.5. The van der Waals surface area contributed by atoms with Crippen LogP contribution in [0.4, 0.5) is 0 Å². The largest absolute Gasteiger partial charge is 0.493 e. The number of H-pyrrole nitrogens is 1. The molecule has 0 aliphatic heterocycles. The molecule has 0 bridgehead atoms. The number of aromatic nitrogens is 4. The van der Waals surface area contributed by atoms with Crippen LogP contribution in [0.1, 0.15) is 32.6 Å². The summed E-state index contributed by atoms with van der Waals surface area (Å²) in [6, 6.07) is 3.43. The summed E-state index contributed by atoms with van der Waals surface area (Å²) in [4.78, 5) is 27.9. The highest BCUT2D eigenvalue weighted by molar-refractivity contribution is 5.73. The molecule has 0 atom stereocenters. The maximum atomic E-state index is 12.8. The fraction of sp³-hybridized carbons (Fsp3) is 0.450. The van der Waals surface area contributed by atoms with E-state index in [-0.39, 0.29) is 11.2 Å². The highest BCUT2D eigenvalue weighted by atomic mass is 16.5. The second kappa shape index (κ2) is 8.85. The highest BCUT2D eigenvalue weighted by Crippen LogP contribution is 2.39. The Bertz CT molecular complexity index is 1090. The molecule has 0 aliphatic rings. The molecule has 0 fully saturated rings.